The highest BCUT2D eigenvalue weighted by Crippen LogP contribution is 2.46. The van der Waals surface area contributed by atoms with Gasteiger partial charge in [0.25, 0.3) is 0 Å². The van der Waals surface area contributed by atoms with Gasteiger partial charge in [-0.1, -0.05) is 142 Å². The van der Waals surface area contributed by atoms with Crippen LogP contribution in [0, 0.1) is 0 Å². The molecule has 0 saturated carbocycles. The second-order valence-electron chi connectivity index (χ2n) is 10.9. The van der Waals surface area contributed by atoms with Crippen molar-refractivity contribution in [3.8, 4) is 0 Å². The summed E-state index contributed by atoms with van der Waals surface area (Å²) in [6.07, 6.45) is 25.3. The Bertz CT molecular complexity index is 490. The van der Waals surface area contributed by atoms with Crippen LogP contribution in [0.5, 0.6) is 0 Å². The Balaban J connectivity index is 4.16. The predicted molar refractivity (Wildman–Crippen MR) is 158 cm³/mol. The van der Waals surface area contributed by atoms with E-state index in [-0.39, 0.29) is 23.9 Å². The number of aliphatic hydroxyl groups excluding tert-OH is 3. The molecule has 0 amide bonds. The molecule has 0 aliphatic carbocycles. The molecule has 0 aromatic heterocycles. The van der Waals surface area contributed by atoms with Crippen LogP contribution in [0.25, 0.3) is 0 Å². The first-order chi connectivity index (χ1) is 18.0. The van der Waals surface area contributed by atoms with Gasteiger partial charge in [-0.2, -0.15) is 0 Å². The van der Waals surface area contributed by atoms with E-state index in [1.807, 2.05) is 0 Å². The van der Waals surface area contributed by atoms with E-state index in [9.17, 15) is 24.9 Å². The van der Waals surface area contributed by atoms with Crippen molar-refractivity contribution in [2.24, 2.45) is 0 Å². The molecule has 6 heteroatoms. The summed E-state index contributed by atoms with van der Waals surface area (Å²) in [6, 6.07) is 0. The van der Waals surface area contributed by atoms with Crippen molar-refractivity contribution in [2.45, 2.75) is 180 Å². The fraction of sp³-hybridized carbons (Fsp3) is 0.935. The van der Waals surface area contributed by atoms with E-state index in [1.54, 1.807) is 0 Å². The van der Waals surface area contributed by atoms with E-state index >= 15 is 0 Å². The predicted octanol–water partition coefficient (Wildman–Crippen LogP) is 8.60. The van der Waals surface area contributed by atoms with Gasteiger partial charge < -0.3 is 15.3 Å². The van der Waals surface area contributed by atoms with Crippen molar-refractivity contribution in [3.05, 3.63) is 0 Å². The third-order valence-electron chi connectivity index (χ3n) is 7.32. The molecule has 0 saturated heterocycles. The molecule has 0 aliphatic rings. The molecule has 0 aliphatic heterocycles. The molecule has 2 unspecified atom stereocenters. The maximum Gasteiger partial charge on any atom is 0.164 e. The third-order valence-corrected chi connectivity index (χ3v) is 9.72. The number of unbranched alkanes of at least 4 members (excludes halogenated alkanes) is 20. The lowest BCUT2D eigenvalue weighted by molar-refractivity contribution is -0.115. The average molecular weight is 545 g/mol. The second kappa shape index (κ2) is 27.2. The van der Waals surface area contributed by atoms with Crippen molar-refractivity contribution in [2.75, 3.05) is 6.61 Å². The highest BCUT2D eigenvalue weighted by molar-refractivity contribution is 7.89. The molecule has 3 N–H and O–H groups in total. The smallest absolute Gasteiger partial charge is 0.164 e. The Labute approximate surface area is 230 Å². The SMILES string of the molecule is CCCCCCCCCCCCCC(=O)P(C(=O)CCCCCCCCCCCCC)C(O)C(O)CO. The summed E-state index contributed by atoms with van der Waals surface area (Å²) in [5, 5.41) is 29.6. The van der Waals surface area contributed by atoms with Gasteiger partial charge in [0.1, 0.15) is 11.9 Å². The summed E-state index contributed by atoms with van der Waals surface area (Å²) in [7, 11) is -2.00. The summed E-state index contributed by atoms with van der Waals surface area (Å²) < 4.78 is 0. The summed E-state index contributed by atoms with van der Waals surface area (Å²) >= 11 is 0. The fourth-order valence-corrected chi connectivity index (χ4v) is 6.93. The van der Waals surface area contributed by atoms with Crippen molar-refractivity contribution < 1.29 is 24.9 Å². The molecule has 0 fully saturated rings. The van der Waals surface area contributed by atoms with Gasteiger partial charge in [-0.05, 0) is 12.8 Å². The summed E-state index contributed by atoms with van der Waals surface area (Å²) in [4.78, 5) is 25.7. The van der Waals surface area contributed by atoms with Crippen LogP contribution >= 0.6 is 7.92 Å². The van der Waals surface area contributed by atoms with Crippen LogP contribution in [0.1, 0.15) is 168 Å². The number of rotatable bonds is 29. The molecule has 37 heavy (non-hydrogen) atoms. The fourth-order valence-electron chi connectivity index (χ4n) is 4.82. The zero-order valence-electron chi connectivity index (χ0n) is 24.4. The molecular formula is C31H61O5P. The van der Waals surface area contributed by atoms with Crippen LogP contribution in [0.4, 0.5) is 0 Å². The number of hydrogen-bond acceptors (Lipinski definition) is 5. The molecule has 0 bridgehead atoms. The zero-order valence-corrected chi connectivity index (χ0v) is 25.3. The number of hydrogen-bond donors (Lipinski definition) is 3. The van der Waals surface area contributed by atoms with E-state index in [0.717, 1.165) is 38.5 Å². The van der Waals surface area contributed by atoms with Gasteiger partial charge >= 0.3 is 0 Å². The van der Waals surface area contributed by atoms with Gasteiger partial charge in [0.05, 0.1) is 14.5 Å². The number of carbonyl (C=O) groups excluding carboxylic acids is 2. The molecular weight excluding hydrogens is 483 g/mol. The molecule has 0 aromatic carbocycles. The van der Waals surface area contributed by atoms with Crippen molar-refractivity contribution in [1.29, 1.82) is 0 Å². The average Bonchev–Trinajstić information content (AvgIpc) is 2.89. The Morgan fingerprint density at radius 2 is 0.784 bits per heavy atom. The zero-order chi connectivity index (χ0) is 27.6. The molecule has 0 spiro atoms. The molecule has 0 rings (SSSR count). The van der Waals surface area contributed by atoms with Crippen LogP contribution in [0.3, 0.4) is 0 Å². The van der Waals surface area contributed by atoms with E-state index < -0.39 is 26.5 Å². The summed E-state index contributed by atoms with van der Waals surface area (Å²) in [6.45, 7) is 3.83. The third kappa shape index (κ3) is 21.2. The Morgan fingerprint density at radius 1 is 0.514 bits per heavy atom. The van der Waals surface area contributed by atoms with E-state index in [2.05, 4.69) is 13.8 Å². The topological polar surface area (TPSA) is 94.8 Å². The highest BCUT2D eigenvalue weighted by atomic mass is 31.1. The van der Waals surface area contributed by atoms with Crippen LogP contribution in [0.2, 0.25) is 0 Å². The van der Waals surface area contributed by atoms with Crippen LogP contribution in [0.15, 0.2) is 0 Å². The molecule has 220 valence electrons. The first-order valence-electron chi connectivity index (χ1n) is 15.8. The number of carbonyl (C=O) groups is 2. The molecule has 2 atom stereocenters. The van der Waals surface area contributed by atoms with Crippen LogP contribution < -0.4 is 0 Å². The van der Waals surface area contributed by atoms with Gasteiger partial charge in [-0.25, -0.2) is 0 Å². The summed E-state index contributed by atoms with van der Waals surface area (Å²) in [5.41, 5.74) is -0.446. The summed E-state index contributed by atoms with van der Waals surface area (Å²) in [5.74, 6) is -1.46. The minimum Gasteiger partial charge on any atom is -0.394 e. The second-order valence-corrected chi connectivity index (χ2v) is 13.2. The standard InChI is InChI=1S/C31H61O5P/c1-3-5-7-9-11-13-15-17-19-21-23-25-29(34)37(31(36)28(33)27-32)30(35)26-24-22-20-18-16-14-12-10-8-6-4-2/h28,31-33,36H,3-27H2,1-2H3. The lowest BCUT2D eigenvalue weighted by Gasteiger charge is -2.24. The maximum absolute atomic E-state index is 12.9. The maximum atomic E-state index is 12.9. The minimum absolute atomic E-state index is 0.223. The van der Waals surface area contributed by atoms with Crippen molar-refractivity contribution in [1.82, 2.24) is 0 Å². The Hall–Kier alpha value is -0.350. The quantitative estimate of drug-likeness (QED) is 0.0647. The van der Waals surface area contributed by atoms with Gasteiger partial charge in [0, 0.05) is 12.8 Å². The minimum atomic E-state index is -2.00. The van der Waals surface area contributed by atoms with Crippen LogP contribution in [-0.2, 0) is 9.59 Å². The van der Waals surface area contributed by atoms with Crippen molar-refractivity contribution >= 4 is 19.0 Å². The molecule has 0 aromatic rings. The largest absolute Gasteiger partial charge is 0.394 e. The van der Waals surface area contributed by atoms with E-state index in [1.165, 1.54) is 103 Å². The first kappa shape index (κ1) is 36.6. The lowest BCUT2D eigenvalue weighted by atomic mass is 10.1. The van der Waals surface area contributed by atoms with Gasteiger partial charge in [-0.3, -0.25) is 9.59 Å². The van der Waals surface area contributed by atoms with Gasteiger partial charge in [0.2, 0.25) is 0 Å². The molecule has 5 nitrogen and oxygen atoms in total. The molecule has 0 heterocycles. The lowest BCUT2D eigenvalue weighted by Crippen LogP contribution is -2.31. The number of aliphatic hydroxyl groups is 3. The Kier molecular flexibility index (Phi) is 27.0. The monoisotopic (exact) mass is 544 g/mol. The van der Waals surface area contributed by atoms with Crippen molar-refractivity contribution in [3.63, 3.8) is 0 Å². The van der Waals surface area contributed by atoms with Gasteiger partial charge in [0.15, 0.2) is 11.0 Å². The highest BCUT2D eigenvalue weighted by Gasteiger charge is 2.36. The van der Waals surface area contributed by atoms with E-state index in [4.69, 9.17) is 0 Å². The van der Waals surface area contributed by atoms with Gasteiger partial charge in [-0.15, -0.1) is 0 Å². The molecule has 0 radical (unpaired) electrons. The Morgan fingerprint density at radius 3 is 1.05 bits per heavy atom. The van der Waals surface area contributed by atoms with E-state index in [0.29, 0.717) is 0 Å². The van der Waals surface area contributed by atoms with Crippen LogP contribution in [-0.4, -0.2) is 44.9 Å². The normalized spacial score (nSPS) is 13.2. The first-order valence-corrected chi connectivity index (χ1v) is 17.2.